The Morgan fingerprint density at radius 1 is 1.30 bits per heavy atom. The van der Waals surface area contributed by atoms with Crippen molar-refractivity contribution in [2.75, 3.05) is 5.32 Å². The first-order valence-electron chi connectivity index (χ1n) is 5.44. The number of hydrogen-bond acceptors (Lipinski definition) is 3. The van der Waals surface area contributed by atoms with Gasteiger partial charge in [0.25, 0.3) is 5.56 Å². The molecule has 0 fully saturated rings. The third kappa shape index (κ3) is 3.50. The summed E-state index contributed by atoms with van der Waals surface area (Å²) in [5.41, 5.74) is -0.101. The van der Waals surface area contributed by atoms with E-state index in [0.29, 0.717) is 10.7 Å². The van der Waals surface area contributed by atoms with Crippen LogP contribution in [-0.2, 0) is 11.3 Å². The Balaban J connectivity index is 2.13. The molecule has 2 aromatic rings. The van der Waals surface area contributed by atoms with Crippen molar-refractivity contribution in [1.29, 1.82) is 0 Å². The molecule has 20 heavy (non-hydrogen) atoms. The summed E-state index contributed by atoms with van der Waals surface area (Å²) in [6.07, 6.45) is 1.21. The lowest BCUT2D eigenvalue weighted by atomic mass is 10.3. The number of carbonyl (C=O) groups is 1. The number of nitrogens with one attached hydrogen (secondary N) is 1. The Hall–Kier alpha value is -1.56. The Morgan fingerprint density at radius 3 is 2.75 bits per heavy atom. The van der Waals surface area contributed by atoms with Crippen LogP contribution in [0, 0.1) is 0 Å². The number of halogens is 3. The zero-order valence-corrected chi connectivity index (χ0v) is 12.2. The van der Waals surface area contributed by atoms with Crippen molar-refractivity contribution in [2.45, 2.75) is 6.54 Å². The fourth-order valence-electron chi connectivity index (χ4n) is 1.46. The third-order valence-electron chi connectivity index (χ3n) is 2.34. The van der Waals surface area contributed by atoms with Gasteiger partial charge in [0.2, 0.25) is 5.91 Å². The Bertz CT molecular complexity index is 715. The highest BCUT2D eigenvalue weighted by Crippen LogP contribution is 2.16. The van der Waals surface area contributed by atoms with Gasteiger partial charge in [-0.3, -0.25) is 9.59 Å². The normalized spacial score (nSPS) is 10.3. The minimum atomic E-state index is -0.625. The van der Waals surface area contributed by atoms with E-state index >= 15 is 0 Å². The predicted octanol–water partition coefficient (Wildman–Crippen LogP) is 2.84. The number of aromatic nitrogens is 2. The molecule has 1 aromatic carbocycles. The fraction of sp³-hybridized carbons (Fsp3) is 0.0833. The molecule has 104 valence electrons. The van der Waals surface area contributed by atoms with Gasteiger partial charge in [0.1, 0.15) is 11.6 Å². The van der Waals surface area contributed by atoms with Crippen LogP contribution in [0.1, 0.15) is 0 Å². The summed E-state index contributed by atoms with van der Waals surface area (Å²) < 4.78 is 0.925. The fourth-order valence-corrected chi connectivity index (χ4v) is 1.92. The van der Waals surface area contributed by atoms with Crippen molar-refractivity contribution in [1.82, 2.24) is 9.78 Å². The molecule has 0 unspecified atom stereocenters. The average molecular weight is 333 g/mol. The number of amides is 1. The van der Waals surface area contributed by atoms with Crippen LogP contribution in [0.3, 0.4) is 0 Å². The topological polar surface area (TPSA) is 64.0 Å². The van der Waals surface area contributed by atoms with Crippen molar-refractivity contribution in [3.63, 3.8) is 0 Å². The molecule has 0 bridgehead atoms. The van der Waals surface area contributed by atoms with Crippen LogP contribution in [0.15, 0.2) is 35.3 Å². The van der Waals surface area contributed by atoms with E-state index in [1.54, 1.807) is 24.3 Å². The molecular formula is C12H8Cl3N3O2. The van der Waals surface area contributed by atoms with Crippen molar-refractivity contribution in [3.05, 3.63) is 55.9 Å². The predicted molar refractivity (Wildman–Crippen MR) is 78.6 cm³/mol. The molecule has 0 aliphatic heterocycles. The molecule has 1 heterocycles. The maximum absolute atomic E-state index is 11.8. The van der Waals surface area contributed by atoms with Gasteiger partial charge in [-0.05, 0) is 18.2 Å². The first kappa shape index (κ1) is 14.8. The van der Waals surface area contributed by atoms with E-state index < -0.39 is 11.5 Å². The molecule has 1 aromatic heterocycles. The average Bonchev–Trinajstić information content (AvgIpc) is 2.39. The van der Waals surface area contributed by atoms with Crippen LogP contribution in [0.25, 0.3) is 0 Å². The minimum absolute atomic E-state index is 0.0446. The highest BCUT2D eigenvalue weighted by atomic mass is 35.5. The summed E-state index contributed by atoms with van der Waals surface area (Å²) in [6, 6.07) is 6.64. The maximum atomic E-state index is 11.8. The van der Waals surface area contributed by atoms with Gasteiger partial charge < -0.3 is 5.32 Å². The minimum Gasteiger partial charge on any atom is -0.324 e. The second kappa shape index (κ2) is 6.26. The van der Waals surface area contributed by atoms with Crippen LogP contribution >= 0.6 is 34.8 Å². The van der Waals surface area contributed by atoms with Gasteiger partial charge in [0, 0.05) is 10.7 Å². The molecule has 1 amide bonds. The summed E-state index contributed by atoms with van der Waals surface area (Å²) in [4.78, 5) is 23.5. The number of hydrogen-bond donors (Lipinski definition) is 1. The van der Waals surface area contributed by atoms with E-state index in [2.05, 4.69) is 10.4 Å². The van der Waals surface area contributed by atoms with Crippen molar-refractivity contribution in [3.8, 4) is 0 Å². The number of rotatable bonds is 3. The van der Waals surface area contributed by atoms with Crippen LogP contribution in [0.5, 0.6) is 0 Å². The Kier molecular flexibility index (Phi) is 4.65. The lowest BCUT2D eigenvalue weighted by Crippen LogP contribution is -2.29. The lowest BCUT2D eigenvalue weighted by Gasteiger charge is -2.07. The van der Waals surface area contributed by atoms with Crippen LogP contribution in [-0.4, -0.2) is 15.7 Å². The molecular weight excluding hydrogens is 325 g/mol. The monoisotopic (exact) mass is 331 g/mol. The molecule has 0 aliphatic carbocycles. The smallest absolute Gasteiger partial charge is 0.287 e. The molecule has 0 radical (unpaired) electrons. The van der Waals surface area contributed by atoms with Gasteiger partial charge in [-0.25, -0.2) is 4.68 Å². The van der Waals surface area contributed by atoms with Crippen molar-refractivity contribution < 1.29 is 4.79 Å². The SMILES string of the molecule is O=C(Cn1ncc(Cl)c(Cl)c1=O)Nc1cccc(Cl)c1. The molecule has 0 atom stereocenters. The maximum Gasteiger partial charge on any atom is 0.287 e. The van der Waals surface area contributed by atoms with E-state index in [0.717, 1.165) is 4.68 Å². The van der Waals surface area contributed by atoms with E-state index in [1.807, 2.05) is 0 Å². The van der Waals surface area contributed by atoms with Gasteiger partial charge in [-0.15, -0.1) is 0 Å². The molecule has 1 N–H and O–H groups in total. The number of anilines is 1. The number of benzene rings is 1. The molecule has 5 nitrogen and oxygen atoms in total. The summed E-state index contributed by atoms with van der Waals surface area (Å²) in [7, 11) is 0. The molecule has 2 rings (SSSR count). The number of nitrogens with zero attached hydrogens (tertiary/aromatic N) is 2. The summed E-state index contributed by atoms with van der Waals surface area (Å²) in [5.74, 6) is -0.430. The molecule has 0 saturated carbocycles. The molecule has 0 aliphatic rings. The quantitative estimate of drug-likeness (QED) is 0.940. The molecule has 8 heteroatoms. The Labute approximate surface area is 129 Å². The Morgan fingerprint density at radius 2 is 2.05 bits per heavy atom. The van der Waals surface area contributed by atoms with Crippen LogP contribution in [0.4, 0.5) is 5.69 Å². The van der Waals surface area contributed by atoms with E-state index in [9.17, 15) is 9.59 Å². The highest BCUT2D eigenvalue weighted by Gasteiger charge is 2.11. The van der Waals surface area contributed by atoms with Crippen molar-refractivity contribution in [2.24, 2.45) is 0 Å². The summed E-state index contributed by atoms with van der Waals surface area (Å²) in [5, 5.41) is 6.70. The van der Waals surface area contributed by atoms with Crippen LogP contribution < -0.4 is 10.9 Å². The zero-order valence-electron chi connectivity index (χ0n) is 9.94. The molecule has 0 spiro atoms. The highest BCUT2D eigenvalue weighted by molar-refractivity contribution is 6.41. The van der Waals surface area contributed by atoms with Gasteiger partial charge >= 0.3 is 0 Å². The van der Waals surface area contributed by atoms with E-state index in [4.69, 9.17) is 34.8 Å². The summed E-state index contributed by atoms with van der Waals surface area (Å²) in [6.45, 7) is -0.276. The van der Waals surface area contributed by atoms with E-state index in [-0.39, 0.29) is 16.6 Å². The standard InChI is InChI=1S/C12H8Cl3N3O2/c13-7-2-1-3-8(4-7)17-10(19)6-18-12(20)11(15)9(14)5-16-18/h1-5H,6H2,(H,17,19). The van der Waals surface area contributed by atoms with Crippen LogP contribution in [0.2, 0.25) is 15.1 Å². The van der Waals surface area contributed by atoms with Gasteiger partial charge in [-0.2, -0.15) is 5.10 Å². The summed E-state index contributed by atoms with van der Waals surface area (Å²) >= 11 is 17.1. The van der Waals surface area contributed by atoms with Crippen molar-refractivity contribution >= 4 is 46.4 Å². The lowest BCUT2D eigenvalue weighted by molar-refractivity contribution is -0.117. The van der Waals surface area contributed by atoms with Gasteiger partial charge in [0.15, 0.2) is 0 Å². The third-order valence-corrected chi connectivity index (χ3v) is 3.33. The first-order valence-corrected chi connectivity index (χ1v) is 6.57. The second-order valence-electron chi connectivity index (χ2n) is 3.83. The number of carbonyl (C=O) groups excluding carboxylic acids is 1. The van der Waals surface area contributed by atoms with E-state index in [1.165, 1.54) is 6.20 Å². The second-order valence-corrected chi connectivity index (χ2v) is 5.05. The van der Waals surface area contributed by atoms with Gasteiger partial charge in [-0.1, -0.05) is 40.9 Å². The molecule has 0 saturated heterocycles. The van der Waals surface area contributed by atoms with Gasteiger partial charge in [0.05, 0.1) is 11.2 Å². The zero-order chi connectivity index (χ0) is 14.7. The largest absolute Gasteiger partial charge is 0.324 e. The first-order chi connectivity index (χ1) is 9.47.